The summed E-state index contributed by atoms with van der Waals surface area (Å²) in [5, 5.41) is 3.81. The van der Waals surface area contributed by atoms with E-state index in [1.807, 2.05) is 58.0 Å². The van der Waals surface area contributed by atoms with Crippen LogP contribution in [0.4, 0.5) is 0 Å². The van der Waals surface area contributed by atoms with Crippen LogP contribution < -0.4 is 5.32 Å². The molecule has 1 N–H and O–H groups in total. The summed E-state index contributed by atoms with van der Waals surface area (Å²) < 4.78 is 0. The van der Waals surface area contributed by atoms with Gasteiger partial charge in [0, 0.05) is 12.6 Å². The van der Waals surface area contributed by atoms with Gasteiger partial charge in [-0.2, -0.15) is 0 Å². The third kappa shape index (κ3) is 6.76. The Bertz CT molecular complexity index is 868. The number of carbonyl (C=O) groups excluding carboxylic acids is 2. The van der Waals surface area contributed by atoms with E-state index in [-0.39, 0.29) is 30.8 Å². The van der Waals surface area contributed by atoms with Gasteiger partial charge in [0.25, 0.3) is 0 Å². The monoisotopic (exact) mass is 434 g/mol. The highest BCUT2D eigenvalue weighted by Gasteiger charge is 2.29. The zero-order valence-electron chi connectivity index (χ0n) is 17.3. The molecule has 1 unspecified atom stereocenters. The quantitative estimate of drug-likeness (QED) is 0.622. The van der Waals surface area contributed by atoms with Crippen LogP contribution in [-0.2, 0) is 22.6 Å². The molecular formula is C23H28Cl2N2O2. The number of hydrogen-bond donors (Lipinski definition) is 1. The Hall–Kier alpha value is -2.04. The number of aryl methyl sites for hydroxylation is 1. The van der Waals surface area contributed by atoms with Crippen molar-refractivity contribution in [3.63, 3.8) is 0 Å². The van der Waals surface area contributed by atoms with Gasteiger partial charge in [-0.1, -0.05) is 66.0 Å². The van der Waals surface area contributed by atoms with Gasteiger partial charge in [-0.05, 0) is 50.5 Å². The molecule has 0 bridgehead atoms. The standard InChI is InChI=1S/C23H28Cl2N2O2/c1-5-21(23(29)26-15(2)3)27(14-18-9-10-19(24)20(25)12-18)22(28)13-17-8-6-7-16(4)11-17/h6-12,15,21H,5,13-14H2,1-4H3,(H,26,29). The number of rotatable bonds is 8. The summed E-state index contributed by atoms with van der Waals surface area (Å²) in [6.07, 6.45) is 0.744. The fourth-order valence-electron chi connectivity index (χ4n) is 3.23. The van der Waals surface area contributed by atoms with E-state index in [0.29, 0.717) is 16.5 Å². The van der Waals surface area contributed by atoms with E-state index in [4.69, 9.17) is 23.2 Å². The Morgan fingerprint density at radius 3 is 2.34 bits per heavy atom. The number of hydrogen-bond acceptors (Lipinski definition) is 2. The molecule has 1 atom stereocenters. The number of nitrogens with zero attached hydrogens (tertiary/aromatic N) is 1. The third-order valence-electron chi connectivity index (χ3n) is 4.59. The Morgan fingerprint density at radius 1 is 1.03 bits per heavy atom. The lowest BCUT2D eigenvalue weighted by Gasteiger charge is -2.31. The van der Waals surface area contributed by atoms with Crippen LogP contribution in [0.5, 0.6) is 0 Å². The summed E-state index contributed by atoms with van der Waals surface area (Å²) in [6, 6.07) is 12.5. The van der Waals surface area contributed by atoms with Crippen LogP contribution in [-0.4, -0.2) is 28.8 Å². The molecule has 0 radical (unpaired) electrons. The van der Waals surface area contributed by atoms with Crippen LogP contribution in [0, 0.1) is 6.92 Å². The summed E-state index contributed by atoms with van der Waals surface area (Å²) in [5.41, 5.74) is 2.84. The molecule has 0 saturated heterocycles. The first-order chi connectivity index (χ1) is 13.7. The summed E-state index contributed by atoms with van der Waals surface area (Å²) in [4.78, 5) is 27.7. The zero-order valence-corrected chi connectivity index (χ0v) is 18.8. The van der Waals surface area contributed by atoms with Gasteiger partial charge < -0.3 is 10.2 Å². The van der Waals surface area contributed by atoms with Gasteiger partial charge in [0.15, 0.2) is 0 Å². The highest BCUT2D eigenvalue weighted by atomic mass is 35.5. The molecule has 0 saturated carbocycles. The van der Waals surface area contributed by atoms with Crippen molar-refractivity contribution in [2.24, 2.45) is 0 Å². The maximum Gasteiger partial charge on any atom is 0.243 e. The highest BCUT2D eigenvalue weighted by Crippen LogP contribution is 2.24. The largest absolute Gasteiger partial charge is 0.352 e. The molecule has 29 heavy (non-hydrogen) atoms. The topological polar surface area (TPSA) is 49.4 Å². The second kappa shape index (κ2) is 10.7. The molecule has 0 spiro atoms. The van der Waals surface area contributed by atoms with Crippen LogP contribution in [0.2, 0.25) is 10.0 Å². The molecule has 156 valence electrons. The molecule has 2 rings (SSSR count). The first-order valence-corrected chi connectivity index (χ1v) is 10.6. The fourth-order valence-corrected chi connectivity index (χ4v) is 3.55. The van der Waals surface area contributed by atoms with E-state index in [9.17, 15) is 9.59 Å². The summed E-state index contributed by atoms with van der Waals surface area (Å²) in [5.74, 6) is -0.257. The van der Waals surface area contributed by atoms with Crippen molar-refractivity contribution in [1.29, 1.82) is 0 Å². The molecule has 0 aliphatic rings. The van der Waals surface area contributed by atoms with Crippen molar-refractivity contribution >= 4 is 35.0 Å². The predicted octanol–water partition coefficient (Wildman–Crippen LogP) is 5.18. The Balaban J connectivity index is 2.32. The third-order valence-corrected chi connectivity index (χ3v) is 5.33. The van der Waals surface area contributed by atoms with Gasteiger partial charge in [-0.25, -0.2) is 0 Å². The highest BCUT2D eigenvalue weighted by molar-refractivity contribution is 6.42. The van der Waals surface area contributed by atoms with Gasteiger partial charge in [0.05, 0.1) is 16.5 Å². The molecule has 0 fully saturated rings. The van der Waals surface area contributed by atoms with Crippen molar-refractivity contribution in [3.05, 3.63) is 69.2 Å². The molecule has 0 aromatic heterocycles. The van der Waals surface area contributed by atoms with Crippen molar-refractivity contribution in [2.45, 2.75) is 59.2 Å². The number of benzene rings is 2. The number of nitrogens with one attached hydrogen (secondary N) is 1. The lowest BCUT2D eigenvalue weighted by Crippen LogP contribution is -2.50. The second-order valence-electron chi connectivity index (χ2n) is 7.52. The van der Waals surface area contributed by atoms with Crippen LogP contribution in [0.1, 0.15) is 43.9 Å². The van der Waals surface area contributed by atoms with E-state index in [1.165, 1.54) is 0 Å². The van der Waals surface area contributed by atoms with Gasteiger partial charge in [0.2, 0.25) is 11.8 Å². The Kier molecular flexibility index (Phi) is 8.54. The van der Waals surface area contributed by atoms with E-state index in [1.54, 1.807) is 17.0 Å². The number of amides is 2. The van der Waals surface area contributed by atoms with Crippen LogP contribution in [0.15, 0.2) is 42.5 Å². The van der Waals surface area contributed by atoms with Gasteiger partial charge >= 0.3 is 0 Å². The lowest BCUT2D eigenvalue weighted by molar-refractivity contribution is -0.141. The van der Waals surface area contributed by atoms with Crippen LogP contribution >= 0.6 is 23.2 Å². The van der Waals surface area contributed by atoms with Crippen molar-refractivity contribution in [3.8, 4) is 0 Å². The Morgan fingerprint density at radius 2 is 1.76 bits per heavy atom. The Labute approximate surface area is 183 Å². The lowest BCUT2D eigenvalue weighted by atomic mass is 10.0. The minimum Gasteiger partial charge on any atom is -0.352 e. The molecule has 4 nitrogen and oxygen atoms in total. The predicted molar refractivity (Wildman–Crippen MR) is 119 cm³/mol. The molecule has 2 aromatic rings. The minimum atomic E-state index is -0.566. The molecule has 2 aromatic carbocycles. The molecular weight excluding hydrogens is 407 g/mol. The van der Waals surface area contributed by atoms with Crippen molar-refractivity contribution < 1.29 is 9.59 Å². The van der Waals surface area contributed by atoms with Crippen molar-refractivity contribution in [2.75, 3.05) is 0 Å². The first kappa shape index (κ1) is 23.2. The number of halogens is 2. The summed E-state index contributed by atoms with van der Waals surface area (Å²) in [6.45, 7) is 8.00. The maximum atomic E-state index is 13.3. The summed E-state index contributed by atoms with van der Waals surface area (Å²) >= 11 is 12.2. The molecule has 0 aliphatic heterocycles. The molecule has 0 aliphatic carbocycles. The van der Waals surface area contributed by atoms with E-state index < -0.39 is 6.04 Å². The summed E-state index contributed by atoms with van der Waals surface area (Å²) in [7, 11) is 0. The second-order valence-corrected chi connectivity index (χ2v) is 8.34. The van der Waals surface area contributed by atoms with Gasteiger partial charge in [-0.3, -0.25) is 9.59 Å². The SMILES string of the molecule is CCC(C(=O)NC(C)C)N(Cc1ccc(Cl)c(Cl)c1)C(=O)Cc1cccc(C)c1. The van der Waals surface area contributed by atoms with Crippen LogP contribution in [0.3, 0.4) is 0 Å². The zero-order chi connectivity index (χ0) is 21.6. The van der Waals surface area contributed by atoms with Gasteiger partial charge in [0.1, 0.15) is 6.04 Å². The molecule has 2 amide bonds. The van der Waals surface area contributed by atoms with E-state index in [0.717, 1.165) is 16.7 Å². The molecule has 6 heteroatoms. The maximum absolute atomic E-state index is 13.3. The minimum absolute atomic E-state index is 0.00440. The normalized spacial score (nSPS) is 12.0. The van der Waals surface area contributed by atoms with E-state index in [2.05, 4.69) is 5.32 Å². The fraction of sp³-hybridized carbons (Fsp3) is 0.391. The van der Waals surface area contributed by atoms with Crippen LogP contribution in [0.25, 0.3) is 0 Å². The van der Waals surface area contributed by atoms with E-state index >= 15 is 0 Å². The molecule has 0 heterocycles. The average Bonchev–Trinajstić information content (AvgIpc) is 2.63. The van der Waals surface area contributed by atoms with Gasteiger partial charge in [-0.15, -0.1) is 0 Å². The first-order valence-electron chi connectivity index (χ1n) is 9.80. The smallest absolute Gasteiger partial charge is 0.243 e. The average molecular weight is 435 g/mol. The number of carbonyl (C=O) groups is 2. The van der Waals surface area contributed by atoms with Crippen molar-refractivity contribution in [1.82, 2.24) is 10.2 Å².